The van der Waals surface area contributed by atoms with E-state index in [1.54, 1.807) is 19.9 Å². The molecule has 0 radical (unpaired) electrons. The summed E-state index contributed by atoms with van der Waals surface area (Å²) in [6, 6.07) is 2.84. The maximum Gasteiger partial charge on any atom is 0.296 e. The van der Waals surface area contributed by atoms with Gasteiger partial charge >= 0.3 is 0 Å². The Morgan fingerprint density at radius 3 is 2.31 bits per heavy atom. The molecule has 0 aliphatic carbocycles. The van der Waals surface area contributed by atoms with Gasteiger partial charge in [-0.15, -0.1) is 17.5 Å². The zero-order chi connectivity index (χ0) is 11.6. The molecule has 1 aromatic rings. The van der Waals surface area contributed by atoms with Crippen LogP contribution in [-0.4, -0.2) is 13.0 Å². The summed E-state index contributed by atoms with van der Waals surface area (Å²) in [4.78, 5) is -0.292. The topological polar surface area (TPSA) is 105 Å². The van der Waals surface area contributed by atoms with E-state index < -0.39 is 10.1 Å². The van der Waals surface area contributed by atoms with Gasteiger partial charge in [0.25, 0.3) is 10.1 Å². The van der Waals surface area contributed by atoms with Gasteiger partial charge in [-0.05, 0) is 31.0 Å². The first-order valence-corrected chi connectivity index (χ1v) is 5.50. The molecule has 0 unspecified atom stereocenters. The molecule has 0 aliphatic rings. The van der Waals surface area contributed by atoms with E-state index in [-0.39, 0.29) is 23.0 Å². The van der Waals surface area contributed by atoms with Gasteiger partial charge in [0.2, 0.25) is 0 Å². The lowest BCUT2D eigenvalue weighted by Crippen LogP contribution is -2.00. The fraction of sp³-hybridized carbons (Fsp3) is 0.250. The SMILES string of the molecule is Cc1ccc(S(=O)(=O)O)c(N=NN)c1C.Cl. The maximum absolute atomic E-state index is 11.0. The molecule has 6 nitrogen and oxygen atoms in total. The lowest BCUT2D eigenvalue weighted by molar-refractivity contribution is 0.483. The Labute approximate surface area is 99.7 Å². The number of halogens is 1. The molecule has 8 heteroatoms. The lowest BCUT2D eigenvalue weighted by Gasteiger charge is -2.07. The van der Waals surface area contributed by atoms with E-state index in [4.69, 9.17) is 10.4 Å². The number of benzene rings is 1. The molecule has 0 aliphatic heterocycles. The largest absolute Gasteiger partial charge is 0.305 e. The predicted molar refractivity (Wildman–Crippen MR) is 61.7 cm³/mol. The second-order valence-corrected chi connectivity index (χ2v) is 4.43. The highest BCUT2D eigenvalue weighted by molar-refractivity contribution is 7.86. The second kappa shape index (κ2) is 5.24. The molecule has 16 heavy (non-hydrogen) atoms. The van der Waals surface area contributed by atoms with Crippen molar-refractivity contribution in [3.63, 3.8) is 0 Å². The highest BCUT2D eigenvalue weighted by Crippen LogP contribution is 2.30. The summed E-state index contributed by atoms with van der Waals surface area (Å²) in [6.45, 7) is 3.46. The molecule has 90 valence electrons. The third-order valence-electron chi connectivity index (χ3n) is 2.10. The van der Waals surface area contributed by atoms with Crippen molar-refractivity contribution < 1.29 is 13.0 Å². The standard InChI is InChI=1S/C8H11N3O3S.ClH/c1-5-3-4-7(15(12,13)14)8(6(5)2)10-11-9;/h3-4H,1-2H3,(H2,9,10)(H,12,13,14);1H. The van der Waals surface area contributed by atoms with Crippen LogP contribution >= 0.6 is 12.4 Å². The Bertz CT molecular complexity index is 514. The number of hydrogen-bond acceptors (Lipinski definition) is 4. The Hall–Kier alpha value is -1.18. The summed E-state index contributed by atoms with van der Waals surface area (Å²) in [5.74, 6) is 4.87. The molecule has 1 aromatic carbocycles. The molecule has 0 aromatic heterocycles. The van der Waals surface area contributed by atoms with Crippen molar-refractivity contribution in [1.29, 1.82) is 0 Å². The summed E-state index contributed by atoms with van der Waals surface area (Å²) in [5, 5.41) is 6.53. The first-order chi connectivity index (χ1) is 6.88. The molecule has 0 atom stereocenters. The first-order valence-electron chi connectivity index (χ1n) is 4.06. The van der Waals surface area contributed by atoms with Gasteiger partial charge < -0.3 is 5.84 Å². The van der Waals surface area contributed by atoms with Gasteiger partial charge in [-0.2, -0.15) is 8.42 Å². The Balaban J connectivity index is 0.00000225. The number of aryl methyl sites for hydroxylation is 1. The van der Waals surface area contributed by atoms with Gasteiger partial charge in [0, 0.05) is 0 Å². The summed E-state index contributed by atoms with van der Waals surface area (Å²) in [6.07, 6.45) is 0. The average Bonchev–Trinajstić information content (AvgIpc) is 2.11. The normalized spacial score (nSPS) is 11.4. The van der Waals surface area contributed by atoms with E-state index in [9.17, 15) is 8.42 Å². The van der Waals surface area contributed by atoms with Gasteiger partial charge in [-0.3, -0.25) is 4.55 Å². The van der Waals surface area contributed by atoms with Crippen LogP contribution < -0.4 is 5.84 Å². The van der Waals surface area contributed by atoms with Crippen molar-refractivity contribution in [3.05, 3.63) is 23.3 Å². The fourth-order valence-electron chi connectivity index (χ4n) is 1.17. The molecule has 0 saturated carbocycles. The molecule has 0 spiro atoms. The maximum atomic E-state index is 11.0. The minimum atomic E-state index is -4.30. The van der Waals surface area contributed by atoms with Crippen molar-refractivity contribution in [2.75, 3.05) is 0 Å². The van der Waals surface area contributed by atoms with Gasteiger partial charge in [0.15, 0.2) is 0 Å². The van der Waals surface area contributed by atoms with Crippen LogP contribution in [0.15, 0.2) is 27.4 Å². The number of hydrogen-bond donors (Lipinski definition) is 2. The van der Waals surface area contributed by atoms with E-state index in [0.717, 1.165) is 5.56 Å². The monoisotopic (exact) mass is 265 g/mol. The summed E-state index contributed by atoms with van der Waals surface area (Å²) < 4.78 is 31.0. The number of rotatable bonds is 2. The van der Waals surface area contributed by atoms with Crippen molar-refractivity contribution in [2.24, 2.45) is 16.2 Å². The second-order valence-electron chi connectivity index (χ2n) is 3.04. The van der Waals surface area contributed by atoms with Crippen LogP contribution in [0.1, 0.15) is 11.1 Å². The van der Waals surface area contributed by atoms with E-state index in [1.165, 1.54) is 6.07 Å². The molecule has 1 rings (SSSR count). The van der Waals surface area contributed by atoms with Crippen molar-refractivity contribution in [1.82, 2.24) is 0 Å². The van der Waals surface area contributed by atoms with Gasteiger partial charge in [0.1, 0.15) is 10.6 Å². The molecule has 0 amide bonds. The Morgan fingerprint density at radius 1 is 1.31 bits per heavy atom. The van der Waals surface area contributed by atoms with Gasteiger partial charge in [0.05, 0.1) is 0 Å². The molecule has 0 fully saturated rings. The van der Waals surface area contributed by atoms with Crippen molar-refractivity contribution >= 4 is 28.2 Å². The summed E-state index contributed by atoms with van der Waals surface area (Å²) >= 11 is 0. The highest BCUT2D eigenvalue weighted by Gasteiger charge is 2.18. The van der Waals surface area contributed by atoms with Crippen LogP contribution in [0.5, 0.6) is 0 Å². The minimum Gasteiger partial charge on any atom is -0.305 e. The van der Waals surface area contributed by atoms with E-state index in [0.29, 0.717) is 5.56 Å². The molecule has 0 bridgehead atoms. The number of nitrogens with zero attached hydrogens (tertiary/aromatic N) is 2. The van der Waals surface area contributed by atoms with E-state index >= 15 is 0 Å². The van der Waals surface area contributed by atoms with Gasteiger partial charge in [-0.25, -0.2) is 0 Å². The van der Waals surface area contributed by atoms with Crippen molar-refractivity contribution in [2.45, 2.75) is 18.7 Å². The molecule has 3 N–H and O–H groups in total. The van der Waals surface area contributed by atoms with Crippen LogP contribution in [0.2, 0.25) is 0 Å². The first kappa shape index (κ1) is 14.8. The zero-order valence-electron chi connectivity index (χ0n) is 8.71. The zero-order valence-corrected chi connectivity index (χ0v) is 10.3. The fourth-order valence-corrected chi connectivity index (χ4v) is 1.84. The Kier molecular flexibility index (Phi) is 4.85. The van der Waals surface area contributed by atoms with Gasteiger partial charge in [-0.1, -0.05) is 11.3 Å². The Morgan fingerprint density at radius 2 is 1.88 bits per heavy atom. The third-order valence-corrected chi connectivity index (χ3v) is 2.99. The third kappa shape index (κ3) is 2.91. The van der Waals surface area contributed by atoms with Crippen LogP contribution in [0.3, 0.4) is 0 Å². The smallest absolute Gasteiger partial charge is 0.296 e. The molecule has 0 heterocycles. The van der Waals surface area contributed by atoms with Crippen LogP contribution in [-0.2, 0) is 10.1 Å². The van der Waals surface area contributed by atoms with Crippen LogP contribution in [0, 0.1) is 13.8 Å². The average molecular weight is 266 g/mol. The van der Waals surface area contributed by atoms with E-state index in [1.807, 2.05) is 0 Å². The lowest BCUT2D eigenvalue weighted by atomic mass is 10.1. The molecule has 0 saturated heterocycles. The molecular formula is C8H12ClN3O3S. The highest BCUT2D eigenvalue weighted by atomic mass is 35.5. The number of nitrogens with two attached hydrogens (primary N) is 1. The summed E-state index contributed by atoms with van der Waals surface area (Å²) in [7, 11) is -4.30. The van der Waals surface area contributed by atoms with Crippen LogP contribution in [0.25, 0.3) is 0 Å². The van der Waals surface area contributed by atoms with E-state index in [2.05, 4.69) is 10.3 Å². The summed E-state index contributed by atoms with van der Waals surface area (Å²) in [5.41, 5.74) is 1.52. The predicted octanol–water partition coefficient (Wildman–Crippen LogP) is 1.93. The quantitative estimate of drug-likeness (QED) is 0.369. The van der Waals surface area contributed by atoms with Crippen molar-refractivity contribution in [3.8, 4) is 0 Å². The van der Waals surface area contributed by atoms with Crippen LogP contribution in [0.4, 0.5) is 5.69 Å². The minimum absolute atomic E-state index is 0. The molecular weight excluding hydrogens is 254 g/mol.